The number of hydrogen-bond donors (Lipinski definition) is 3. The molecule has 6 rings (SSSR count). The summed E-state index contributed by atoms with van der Waals surface area (Å²) in [4.78, 5) is 29.0. The van der Waals surface area contributed by atoms with Gasteiger partial charge in [0, 0.05) is 49.1 Å². The van der Waals surface area contributed by atoms with Crippen molar-refractivity contribution >= 4 is 11.7 Å². The minimum absolute atomic E-state index is 0.0408. The zero-order valence-corrected chi connectivity index (χ0v) is 18.2. The molecule has 1 saturated carbocycles. The first-order valence-corrected chi connectivity index (χ1v) is 11.2. The minimum atomic E-state index is -1.00. The third-order valence-corrected chi connectivity index (χ3v) is 7.70. The van der Waals surface area contributed by atoms with E-state index in [0.29, 0.717) is 37.0 Å². The third-order valence-electron chi connectivity index (χ3n) is 7.70. The van der Waals surface area contributed by atoms with Crippen molar-refractivity contribution in [3.8, 4) is 11.5 Å². The number of carbonyl (C=O) groups is 2. The molecule has 1 saturated heterocycles. The van der Waals surface area contributed by atoms with Crippen LogP contribution in [0.4, 0.5) is 0 Å². The Balaban J connectivity index is 0.000000215. The first-order chi connectivity index (χ1) is 15.8. The molecule has 0 unspecified atom stereocenters. The number of pyridine rings is 1. The molecule has 2 aromatic rings. The normalized spacial score (nSPS) is 31.0. The maximum atomic E-state index is 12.6. The van der Waals surface area contributed by atoms with E-state index >= 15 is 0 Å². The van der Waals surface area contributed by atoms with Gasteiger partial charge in [-0.1, -0.05) is 12.1 Å². The van der Waals surface area contributed by atoms with Crippen LogP contribution in [0.5, 0.6) is 11.5 Å². The van der Waals surface area contributed by atoms with Crippen molar-refractivity contribution < 1.29 is 24.5 Å². The number of nitrogens with two attached hydrogens (primary N) is 1. The fraction of sp³-hybridized carbons (Fsp3) is 0.400. The number of ketones is 1. The molecule has 33 heavy (non-hydrogen) atoms. The summed E-state index contributed by atoms with van der Waals surface area (Å²) in [6, 6.07) is 6.66. The van der Waals surface area contributed by atoms with E-state index in [0.717, 1.165) is 24.2 Å². The van der Waals surface area contributed by atoms with Gasteiger partial charge in [0.1, 0.15) is 0 Å². The number of piperidine rings is 1. The van der Waals surface area contributed by atoms with Crippen molar-refractivity contribution in [2.45, 2.75) is 48.8 Å². The first-order valence-electron chi connectivity index (χ1n) is 11.2. The average Bonchev–Trinajstić information content (AvgIpc) is 3.17. The molecular weight excluding hydrogens is 422 g/mol. The number of benzene rings is 1. The maximum absolute atomic E-state index is 12.6. The molecule has 2 bridgehead atoms. The lowest BCUT2D eigenvalue weighted by molar-refractivity contribution is -0.187. The number of rotatable bonds is 3. The lowest BCUT2D eigenvalue weighted by Gasteiger charge is -2.62. The molecule has 4 N–H and O–H groups in total. The summed E-state index contributed by atoms with van der Waals surface area (Å²) >= 11 is 0. The highest BCUT2D eigenvalue weighted by molar-refractivity contribution is 5.92. The van der Waals surface area contributed by atoms with Gasteiger partial charge in [-0.15, -0.1) is 6.58 Å². The molecule has 172 valence electrons. The van der Waals surface area contributed by atoms with E-state index in [2.05, 4.69) is 16.5 Å². The Labute approximate surface area is 191 Å². The summed E-state index contributed by atoms with van der Waals surface area (Å²) in [5.41, 5.74) is 5.69. The monoisotopic (exact) mass is 449 g/mol. The van der Waals surface area contributed by atoms with Crippen LogP contribution < -0.4 is 10.5 Å². The van der Waals surface area contributed by atoms with Gasteiger partial charge >= 0.3 is 0 Å². The molecular formula is C25H27N3O5. The third kappa shape index (κ3) is 2.94. The van der Waals surface area contributed by atoms with Crippen LogP contribution in [0.25, 0.3) is 0 Å². The fourth-order valence-corrected chi connectivity index (χ4v) is 6.31. The number of aromatic hydroxyl groups is 1. The fourth-order valence-electron chi connectivity index (χ4n) is 6.31. The van der Waals surface area contributed by atoms with E-state index in [1.807, 2.05) is 12.1 Å². The van der Waals surface area contributed by atoms with Crippen molar-refractivity contribution in [1.82, 2.24) is 9.88 Å². The van der Waals surface area contributed by atoms with Crippen LogP contribution in [0.3, 0.4) is 0 Å². The second-order valence-corrected chi connectivity index (χ2v) is 9.16. The summed E-state index contributed by atoms with van der Waals surface area (Å²) in [5, 5.41) is 22.1. The van der Waals surface area contributed by atoms with Crippen LogP contribution >= 0.6 is 0 Å². The van der Waals surface area contributed by atoms with Gasteiger partial charge in [0.2, 0.25) is 5.91 Å². The van der Waals surface area contributed by atoms with Crippen molar-refractivity contribution in [1.29, 1.82) is 0 Å². The molecule has 2 fully saturated rings. The van der Waals surface area contributed by atoms with Crippen molar-refractivity contribution in [2.75, 3.05) is 13.1 Å². The Bertz CT molecular complexity index is 1140. The highest BCUT2D eigenvalue weighted by atomic mass is 16.5. The van der Waals surface area contributed by atoms with Gasteiger partial charge in [0.25, 0.3) is 0 Å². The topological polar surface area (TPSA) is 126 Å². The first kappa shape index (κ1) is 21.6. The largest absolute Gasteiger partial charge is 0.504 e. The molecule has 0 radical (unpaired) electrons. The Morgan fingerprint density at radius 1 is 1.30 bits per heavy atom. The van der Waals surface area contributed by atoms with Gasteiger partial charge < -0.3 is 20.7 Å². The molecule has 4 aliphatic rings. The average molecular weight is 450 g/mol. The van der Waals surface area contributed by atoms with Gasteiger partial charge in [-0.2, -0.15) is 0 Å². The number of aliphatic hydroxyl groups is 1. The minimum Gasteiger partial charge on any atom is -0.504 e. The van der Waals surface area contributed by atoms with Gasteiger partial charge in [0.15, 0.2) is 23.4 Å². The standard InChI is InChI=1S/C19H21NO4.C6H6N2O/c1-2-8-20-9-7-18-15-11-3-4-12(21)16(15)24-17(18)13(22)5-6-19(18,23)14(20)10-11;7-6(9)5-1-3-8-4-2-5/h2-4,14,17,21,23H,1,5-10H2;1-4H,(H2,7,9)/t14-,17+,18+,19-;/m1./s1. The van der Waals surface area contributed by atoms with Gasteiger partial charge in [-0.05, 0) is 43.0 Å². The summed E-state index contributed by atoms with van der Waals surface area (Å²) < 4.78 is 5.98. The van der Waals surface area contributed by atoms with E-state index in [1.165, 1.54) is 12.4 Å². The van der Waals surface area contributed by atoms with Crippen LogP contribution in [0, 0.1) is 0 Å². The maximum Gasteiger partial charge on any atom is 0.248 e. The molecule has 1 spiro atoms. The predicted octanol–water partition coefficient (Wildman–Crippen LogP) is 1.48. The highest BCUT2D eigenvalue weighted by Gasteiger charge is 2.73. The molecule has 1 aromatic carbocycles. The summed E-state index contributed by atoms with van der Waals surface area (Å²) in [5.74, 6) is 0.109. The smallest absolute Gasteiger partial charge is 0.248 e. The number of primary amides is 1. The van der Waals surface area contributed by atoms with Crippen LogP contribution in [0.15, 0.2) is 49.3 Å². The van der Waals surface area contributed by atoms with E-state index in [9.17, 15) is 19.8 Å². The zero-order chi connectivity index (χ0) is 23.4. The number of likely N-dealkylation sites (tertiary alicyclic amines) is 1. The quantitative estimate of drug-likeness (QED) is 0.606. The summed E-state index contributed by atoms with van der Waals surface area (Å²) in [6.07, 6.45) is 6.40. The number of phenolic OH excluding ortho intramolecular Hbond substituents is 1. The predicted molar refractivity (Wildman–Crippen MR) is 120 cm³/mol. The van der Waals surface area contributed by atoms with Crippen LogP contribution in [0.1, 0.15) is 40.7 Å². The number of aromatic nitrogens is 1. The Kier molecular flexibility index (Phi) is 5.02. The summed E-state index contributed by atoms with van der Waals surface area (Å²) in [6.45, 7) is 5.36. The molecule has 2 aliphatic heterocycles. The lowest BCUT2D eigenvalue weighted by atomic mass is 9.49. The van der Waals surface area contributed by atoms with Crippen LogP contribution in [0.2, 0.25) is 0 Å². The highest BCUT2D eigenvalue weighted by Crippen LogP contribution is 2.64. The molecule has 3 heterocycles. The van der Waals surface area contributed by atoms with Crippen molar-refractivity contribution in [3.05, 3.63) is 66.0 Å². The van der Waals surface area contributed by atoms with Gasteiger partial charge in [-0.25, -0.2) is 0 Å². The van der Waals surface area contributed by atoms with E-state index in [1.54, 1.807) is 18.2 Å². The van der Waals surface area contributed by atoms with Crippen molar-refractivity contribution in [2.24, 2.45) is 5.73 Å². The Morgan fingerprint density at radius 3 is 2.73 bits per heavy atom. The van der Waals surface area contributed by atoms with Crippen LogP contribution in [-0.4, -0.2) is 62.6 Å². The zero-order valence-electron chi connectivity index (χ0n) is 18.2. The van der Waals surface area contributed by atoms with Gasteiger partial charge in [0.05, 0.1) is 11.0 Å². The number of hydrogen-bond acceptors (Lipinski definition) is 7. The van der Waals surface area contributed by atoms with E-state index in [-0.39, 0.29) is 17.6 Å². The van der Waals surface area contributed by atoms with Crippen LogP contribution in [-0.2, 0) is 16.6 Å². The molecule has 8 nitrogen and oxygen atoms in total. The number of Topliss-reactive ketones (excluding diaryl/α,β-unsaturated/α-hetero) is 1. The second-order valence-electron chi connectivity index (χ2n) is 9.16. The van der Waals surface area contributed by atoms with E-state index < -0.39 is 23.0 Å². The number of ether oxygens (including phenoxy) is 1. The Morgan fingerprint density at radius 2 is 2.06 bits per heavy atom. The molecule has 1 aromatic heterocycles. The number of carbonyl (C=O) groups excluding carboxylic acids is 2. The van der Waals surface area contributed by atoms with Gasteiger partial charge in [-0.3, -0.25) is 19.5 Å². The second kappa shape index (κ2) is 7.67. The van der Waals surface area contributed by atoms with E-state index in [4.69, 9.17) is 10.5 Å². The molecule has 4 atom stereocenters. The lowest BCUT2D eigenvalue weighted by Crippen LogP contribution is -2.76. The van der Waals surface area contributed by atoms with Crippen molar-refractivity contribution in [3.63, 3.8) is 0 Å². The number of phenols is 1. The summed E-state index contributed by atoms with van der Waals surface area (Å²) in [7, 11) is 0. The molecule has 2 aliphatic carbocycles. The number of amides is 1. The molecule has 1 amide bonds. The molecule has 8 heteroatoms. The Hall–Kier alpha value is -3.23. The number of nitrogens with zero attached hydrogens (tertiary/aromatic N) is 2. The SMILES string of the molecule is C=CCN1CC[C@]23c4c5ccc(O)c4O[C@H]2C(=O)CC[C@@]3(O)[C@H]1C5.NC(=O)c1ccncc1.